The molecule has 0 aliphatic heterocycles. The number of hydrogen-bond acceptors (Lipinski definition) is 3. The maximum Gasteiger partial charge on any atom is 0.129 e. The summed E-state index contributed by atoms with van der Waals surface area (Å²) in [5.41, 5.74) is 2.29. The first-order chi connectivity index (χ1) is 10.2. The van der Waals surface area contributed by atoms with Gasteiger partial charge in [0.25, 0.3) is 0 Å². The molecule has 120 valence electrons. The van der Waals surface area contributed by atoms with Gasteiger partial charge in [-0.2, -0.15) is 0 Å². The van der Waals surface area contributed by atoms with Gasteiger partial charge in [0.15, 0.2) is 0 Å². The van der Waals surface area contributed by atoms with Gasteiger partial charge < -0.3 is 9.64 Å². The van der Waals surface area contributed by atoms with E-state index < -0.39 is 0 Å². The topological polar surface area (TPSA) is 25.4 Å². The van der Waals surface area contributed by atoms with Crippen molar-refractivity contribution in [2.24, 2.45) is 0 Å². The van der Waals surface area contributed by atoms with E-state index in [1.165, 1.54) is 0 Å². The Kier molecular flexibility index (Phi) is 8.70. The van der Waals surface area contributed by atoms with Crippen molar-refractivity contribution >= 4 is 17.4 Å². The Morgan fingerprint density at radius 3 is 2.48 bits per heavy atom. The number of rotatable bonds is 10. The largest absolute Gasteiger partial charge is 0.383 e. The van der Waals surface area contributed by atoms with Crippen molar-refractivity contribution in [2.45, 2.75) is 58.4 Å². The molecule has 0 spiro atoms. The Balaban J connectivity index is 3.11. The first-order valence-electron chi connectivity index (χ1n) is 8.01. The summed E-state index contributed by atoms with van der Waals surface area (Å²) in [7, 11) is 1.75. The fourth-order valence-corrected chi connectivity index (χ4v) is 2.80. The van der Waals surface area contributed by atoms with Gasteiger partial charge in [-0.15, -0.1) is 11.6 Å². The van der Waals surface area contributed by atoms with Crippen molar-refractivity contribution < 1.29 is 4.74 Å². The van der Waals surface area contributed by atoms with Crippen molar-refractivity contribution in [3.8, 4) is 0 Å². The molecule has 0 aliphatic rings. The van der Waals surface area contributed by atoms with Crippen LogP contribution in [-0.4, -0.2) is 31.3 Å². The van der Waals surface area contributed by atoms with Crippen LogP contribution in [-0.2, 0) is 17.0 Å². The van der Waals surface area contributed by atoms with Crippen LogP contribution < -0.4 is 4.90 Å². The maximum atomic E-state index is 6.06. The molecule has 1 aromatic heterocycles. The van der Waals surface area contributed by atoms with E-state index in [9.17, 15) is 0 Å². The molecular weight excluding hydrogens is 284 g/mol. The lowest BCUT2D eigenvalue weighted by Gasteiger charge is -2.32. The van der Waals surface area contributed by atoms with E-state index in [1.807, 2.05) is 0 Å². The molecule has 4 heteroatoms. The zero-order chi connectivity index (χ0) is 15.7. The molecule has 1 rings (SSSR count). The summed E-state index contributed by atoms with van der Waals surface area (Å²) in [4.78, 5) is 7.23. The molecule has 0 N–H and O–H groups in total. The summed E-state index contributed by atoms with van der Waals surface area (Å²) in [6.07, 6.45) is 4.31. The standard InChI is InChI=1S/C17H29ClN2O/c1-5-8-15-11-14(13-18)12-17(19-15)20(9-10-21-4)16(6-2)7-3/h11-12,16H,5-10,13H2,1-4H3. The summed E-state index contributed by atoms with van der Waals surface area (Å²) >= 11 is 6.06. The molecule has 0 atom stereocenters. The highest BCUT2D eigenvalue weighted by Crippen LogP contribution is 2.22. The van der Waals surface area contributed by atoms with E-state index in [0.717, 1.165) is 49.3 Å². The molecule has 0 saturated heterocycles. The molecule has 0 radical (unpaired) electrons. The highest BCUT2D eigenvalue weighted by molar-refractivity contribution is 6.17. The first-order valence-corrected chi connectivity index (χ1v) is 8.54. The number of ether oxygens (including phenoxy) is 1. The summed E-state index contributed by atoms with van der Waals surface area (Å²) in [5.74, 6) is 1.58. The Morgan fingerprint density at radius 2 is 1.95 bits per heavy atom. The van der Waals surface area contributed by atoms with Crippen LogP contribution in [0.15, 0.2) is 12.1 Å². The fourth-order valence-electron chi connectivity index (χ4n) is 2.64. The van der Waals surface area contributed by atoms with Crippen LogP contribution in [0.25, 0.3) is 0 Å². The van der Waals surface area contributed by atoms with Crippen molar-refractivity contribution in [2.75, 3.05) is 25.2 Å². The SMILES string of the molecule is CCCc1cc(CCl)cc(N(CCOC)C(CC)CC)n1. The maximum absolute atomic E-state index is 6.06. The highest BCUT2D eigenvalue weighted by atomic mass is 35.5. The third kappa shape index (κ3) is 5.48. The summed E-state index contributed by atoms with van der Waals surface area (Å²) in [6, 6.07) is 4.74. The van der Waals surface area contributed by atoms with Gasteiger partial charge in [-0.3, -0.25) is 0 Å². The minimum absolute atomic E-state index is 0.493. The predicted octanol–water partition coefficient (Wildman–Crippen LogP) is 4.41. The zero-order valence-electron chi connectivity index (χ0n) is 13.9. The molecule has 1 heterocycles. The third-order valence-electron chi connectivity index (χ3n) is 3.80. The number of pyridine rings is 1. The zero-order valence-corrected chi connectivity index (χ0v) is 14.6. The fraction of sp³-hybridized carbons (Fsp3) is 0.706. The van der Waals surface area contributed by atoms with Crippen molar-refractivity contribution in [1.29, 1.82) is 0 Å². The molecule has 0 aromatic carbocycles. The van der Waals surface area contributed by atoms with Crippen LogP contribution in [0.5, 0.6) is 0 Å². The molecule has 0 bridgehead atoms. The number of nitrogens with zero attached hydrogens (tertiary/aromatic N) is 2. The monoisotopic (exact) mass is 312 g/mol. The first kappa shape index (κ1) is 18.2. The van der Waals surface area contributed by atoms with E-state index in [4.69, 9.17) is 21.3 Å². The van der Waals surface area contributed by atoms with Gasteiger partial charge in [0.2, 0.25) is 0 Å². The van der Waals surface area contributed by atoms with Gasteiger partial charge in [-0.1, -0.05) is 27.2 Å². The second-order valence-corrected chi connectivity index (χ2v) is 5.63. The molecule has 0 fully saturated rings. The molecular formula is C17H29ClN2O. The molecule has 1 aromatic rings. The molecule has 0 unspecified atom stereocenters. The van der Waals surface area contributed by atoms with E-state index >= 15 is 0 Å². The quantitative estimate of drug-likeness (QED) is 0.598. The molecule has 3 nitrogen and oxygen atoms in total. The lowest BCUT2D eigenvalue weighted by atomic mass is 10.1. The van der Waals surface area contributed by atoms with Crippen LogP contribution in [0.3, 0.4) is 0 Å². The second kappa shape index (κ2) is 10.0. The second-order valence-electron chi connectivity index (χ2n) is 5.37. The van der Waals surface area contributed by atoms with E-state index in [2.05, 4.69) is 37.8 Å². The Morgan fingerprint density at radius 1 is 1.24 bits per heavy atom. The number of hydrogen-bond donors (Lipinski definition) is 0. The van der Waals surface area contributed by atoms with Crippen LogP contribution in [0.2, 0.25) is 0 Å². The Hall–Kier alpha value is -0.800. The van der Waals surface area contributed by atoms with Gasteiger partial charge in [0.1, 0.15) is 5.82 Å². The number of methoxy groups -OCH3 is 1. The van der Waals surface area contributed by atoms with Gasteiger partial charge in [0, 0.05) is 31.3 Å². The lowest BCUT2D eigenvalue weighted by molar-refractivity contribution is 0.202. The van der Waals surface area contributed by atoms with Crippen molar-refractivity contribution in [3.05, 3.63) is 23.4 Å². The van der Waals surface area contributed by atoms with Gasteiger partial charge >= 0.3 is 0 Å². The minimum atomic E-state index is 0.493. The normalized spacial score (nSPS) is 11.1. The molecule has 0 aliphatic carbocycles. The lowest BCUT2D eigenvalue weighted by Crippen LogP contribution is -2.38. The average Bonchev–Trinajstić information content (AvgIpc) is 2.51. The summed E-state index contributed by atoms with van der Waals surface area (Å²) in [6.45, 7) is 8.22. The van der Waals surface area contributed by atoms with E-state index in [0.29, 0.717) is 18.5 Å². The van der Waals surface area contributed by atoms with Crippen LogP contribution in [0.4, 0.5) is 5.82 Å². The van der Waals surface area contributed by atoms with Crippen molar-refractivity contribution in [1.82, 2.24) is 4.98 Å². The Bertz CT molecular complexity index is 408. The number of anilines is 1. The van der Waals surface area contributed by atoms with Crippen LogP contribution in [0.1, 0.15) is 51.3 Å². The van der Waals surface area contributed by atoms with Crippen molar-refractivity contribution in [3.63, 3.8) is 0 Å². The Labute approximate surface area is 134 Å². The summed E-state index contributed by atoms with van der Waals surface area (Å²) in [5, 5.41) is 0. The average molecular weight is 313 g/mol. The number of halogens is 1. The number of aryl methyl sites for hydroxylation is 1. The number of aromatic nitrogens is 1. The smallest absolute Gasteiger partial charge is 0.129 e. The van der Waals surface area contributed by atoms with Gasteiger partial charge in [-0.25, -0.2) is 4.98 Å². The molecule has 21 heavy (non-hydrogen) atoms. The van der Waals surface area contributed by atoms with Gasteiger partial charge in [0.05, 0.1) is 6.61 Å². The molecule has 0 amide bonds. The predicted molar refractivity (Wildman–Crippen MR) is 91.4 cm³/mol. The van der Waals surface area contributed by atoms with Crippen LogP contribution >= 0.6 is 11.6 Å². The van der Waals surface area contributed by atoms with E-state index in [1.54, 1.807) is 7.11 Å². The number of alkyl halides is 1. The van der Waals surface area contributed by atoms with Gasteiger partial charge in [-0.05, 0) is 37.0 Å². The van der Waals surface area contributed by atoms with Crippen LogP contribution in [0, 0.1) is 0 Å². The highest BCUT2D eigenvalue weighted by Gasteiger charge is 2.18. The molecule has 0 saturated carbocycles. The minimum Gasteiger partial charge on any atom is -0.383 e. The summed E-state index contributed by atoms with van der Waals surface area (Å²) < 4.78 is 5.27. The van der Waals surface area contributed by atoms with E-state index in [-0.39, 0.29) is 0 Å². The third-order valence-corrected chi connectivity index (χ3v) is 4.11.